The van der Waals surface area contributed by atoms with Crippen molar-refractivity contribution in [3.05, 3.63) is 54.1 Å². The van der Waals surface area contributed by atoms with Gasteiger partial charge in [-0.15, -0.1) is 5.10 Å². The molecule has 4 rings (SSSR count). The quantitative estimate of drug-likeness (QED) is 0.406. The van der Waals surface area contributed by atoms with Gasteiger partial charge in [0, 0.05) is 5.56 Å². The zero-order valence-electron chi connectivity index (χ0n) is 14.1. The van der Waals surface area contributed by atoms with Crippen LogP contribution in [0.2, 0.25) is 0 Å². The third-order valence-corrected chi connectivity index (χ3v) is 4.19. The van der Waals surface area contributed by atoms with Crippen molar-refractivity contribution in [2.75, 3.05) is 17.2 Å². The number of hydrogen-bond acceptors (Lipinski definition) is 7. The van der Waals surface area contributed by atoms with Gasteiger partial charge in [-0.05, 0) is 42.0 Å². The first-order chi connectivity index (χ1) is 13.0. The molecular formula is C18H16FN7O. The summed E-state index contributed by atoms with van der Waals surface area (Å²) in [5.74, 6) is -0.0794. The standard InChI is InChI=1S/C18H16FN7O/c19-11-4-1-9(2-5-11)16-15(10-3-6-12(20)13(21)7-10)17-23-14(8-27)25-26(17)18(22)24-16/h1-7,27H,8,20-21H2,(H2,22,24). The number of aromatic nitrogens is 4. The van der Waals surface area contributed by atoms with E-state index in [1.807, 2.05) is 0 Å². The van der Waals surface area contributed by atoms with Gasteiger partial charge in [0.25, 0.3) is 0 Å². The summed E-state index contributed by atoms with van der Waals surface area (Å²) >= 11 is 0. The predicted octanol–water partition coefficient (Wildman–Crippen LogP) is 1.84. The first-order valence-electron chi connectivity index (χ1n) is 8.05. The Balaban J connectivity index is 2.09. The summed E-state index contributed by atoms with van der Waals surface area (Å²) in [6.07, 6.45) is 0. The molecule has 0 aliphatic carbocycles. The van der Waals surface area contributed by atoms with Crippen molar-refractivity contribution < 1.29 is 9.50 Å². The van der Waals surface area contributed by atoms with E-state index in [9.17, 15) is 9.50 Å². The molecule has 136 valence electrons. The second-order valence-corrected chi connectivity index (χ2v) is 5.97. The van der Waals surface area contributed by atoms with E-state index in [1.54, 1.807) is 30.3 Å². The average Bonchev–Trinajstić information content (AvgIpc) is 3.10. The lowest BCUT2D eigenvalue weighted by Gasteiger charge is -2.13. The van der Waals surface area contributed by atoms with Gasteiger partial charge in [0.1, 0.15) is 12.4 Å². The molecule has 0 saturated heterocycles. The Kier molecular flexibility index (Phi) is 3.85. The molecule has 9 heteroatoms. The lowest BCUT2D eigenvalue weighted by molar-refractivity contribution is 0.271. The van der Waals surface area contributed by atoms with Crippen LogP contribution >= 0.6 is 0 Å². The number of rotatable bonds is 3. The van der Waals surface area contributed by atoms with Gasteiger partial charge in [0.2, 0.25) is 5.95 Å². The highest BCUT2D eigenvalue weighted by atomic mass is 19.1. The number of hydrogen-bond donors (Lipinski definition) is 4. The molecule has 2 aromatic carbocycles. The van der Waals surface area contributed by atoms with Crippen LogP contribution in [0.15, 0.2) is 42.5 Å². The largest absolute Gasteiger partial charge is 0.397 e. The van der Waals surface area contributed by atoms with E-state index < -0.39 is 0 Å². The number of nitrogens with zero attached hydrogens (tertiary/aromatic N) is 4. The molecule has 4 aromatic rings. The van der Waals surface area contributed by atoms with E-state index in [0.29, 0.717) is 39.4 Å². The van der Waals surface area contributed by atoms with E-state index in [-0.39, 0.29) is 24.2 Å². The van der Waals surface area contributed by atoms with Crippen molar-refractivity contribution in [2.24, 2.45) is 0 Å². The van der Waals surface area contributed by atoms with E-state index in [1.165, 1.54) is 16.6 Å². The van der Waals surface area contributed by atoms with Gasteiger partial charge in [-0.1, -0.05) is 6.07 Å². The van der Waals surface area contributed by atoms with Gasteiger partial charge in [-0.2, -0.15) is 4.52 Å². The number of benzene rings is 2. The van der Waals surface area contributed by atoms with Crippen LogP contribution in [0.5, 0.6) is 0 Å². The van der Waals surface area contributed by atoms with Gasteiger partial charge < -0.3 is 22.3 Å². The fraction of sp³-hybridized carbons (Fsp3) is 0.0556. The van der Waals surface area contributed by atoms with Crippen molar-refractivity contribution in [1.82, 2.24) is 19.6 Å². The summed E-state index contributed by atoms with van der Waals surface area (Å²) in [6, 6.07) is 11.0. The second kappa shape index (κ2) is 6.22. The number of fused-ring (bicyclic) bond motifs is 1. The molecule has 2 heterocycles. The zero-order valence-corrected chi connectivity index (χ0v) is 14.1. The second-order valence-electron chi connectivity index (χ2n) is 5.97. The monoisotopic (exact) mass is 365 g/mol. The summed E-state index contributed by atoms with van der Waals surface area (Å²) < 4.78 is 14.7. The normalized spacial score (nSPS) is 11.2. The molecule has 0 aliphatic heterocycles. The molecule has 0 unspecified atom stereocenters. The number of anilines is 3. The van der Waals surface area contributed by atoms with Crippen LogP contribution in [-0.2, 0) is 6.61 Å². The lowest BCUT2D eigenvalue weighted by atomic mass is 9.99. The maximum atomic E-state index is 13.4. The molecule has 0 spiro atoms. The Morgan fingerprint density at radius 1 is 0.926 bits per heavy atom. The van der Waals surface area contributed by atoms with Gasteiger partial charge >= 0.3 is 0 Å². The molecule has 0 bridgehead atoms. The SMILES string of the molecule is Nc1ccc(-c2c(-c3ccc(F)cc3)nc(N)n3nc(CO)nc23)cc1N. The zero-order chi connectivity index (χ0) is 19.1. The topological polar surface area (TPSA) is 141 Å². The lowest BCUT2D eigenvalue weighted by Crippen LogP contribution is -2.06. The third kappa shape index (κ3) is 2.79. The molecule has 0 amide bonds. The minimum Gasteiger partial charge on any atom is -0.397 e. The Labute approximate surface area is 153 Å². The number of aliphatic hydroxyl groups excluding tert-OH is 1. The van der Waals surface area contributed by atoms with Crippen LogP contribution in [0.1, 0.15) is 5.82 Å². The maximum Gasteiger partial charge on any atom is 0.223 e. The summed E-state index contributed by atoms with van der Waals surface area (Å²) in [6.45, 7) is -0.351. The summed E-state index contributed by atoms with van der Waals surface area (Å²) in [4.78, 5) is 8.80. The Hall–Kier alpha value is -3.72. The molecule has 0 saturated carbocycles. The summed E-state index contributed by atoms with van der Waals surface area (Å²) in [5, 5.41) is 13.6. The molecule has 2 aromatic heterocycles. The molecule has 27 heavy (non-hydrogen) atoms. The van der Waals surface area contributed by atoms with E-state index in [4.69, 9.17) is 17.2 Å². The number of nitrogen functional groups attached to an aromatic ring is 3. The highest BCUT2D eigenvalue weighted by Crippen LogP contribution is 2.36. The average molecular weight is 365 g/mol. The fourth-order valence-corrected chi connectivity index (χ4v) is 2.88. The Bertz CT molecular complexity index is 1150. The molecule has 0 atom stereocenters. The van der Waals surface area contributed by atoms with Gasteiger partial charge in [0.15, 0.2) is 11.5 Å². The first-order valence-corrected chi connectivity index (χ1v) is 8.05. The fourth-order valence-electron chi connectivity index (χ4n) is 2.88. The summed E-state index contributed by atoms with van der Waals surface area (Å²) in [7, 11) is 0. The Morgan fingerprint density at radius 3 is 2.30 bits per heavy atom. The van der Waals surface area contributed by atoms with Crippen LogP contribution in [0.4, 0.5) is 21.7 Å². The van der Waals surface area contributed by atoms with Crippen LogP contribution < -0.4 is 17.2 Å². The third-order valence-electron chi connectivity index (χ3n) is 4.19. The molecule has 8 nitrogen and oxygen atoms in total. The van der Waals surface area contributed by atoms with Crippen molar-refractivity contribution >= 4 is 23.0 Å². The van der Waals surface area contributed by atoms with Gasteiger partial charge in [-0.3, -0.25) is 0 Å². The highest BCUT2D eigenvalue weighted by Gasteiger charge is 2.20. The van der Waals surface area contributed by atoms with Gasteiger partial charge in [0.05, 0.1) is 22.6 Å². The van der Waals surface area contributed by atoms with E-state index >= 15 is 0 Å². The van der Waals surface area contributed by atoms with E-state index in [0.717, 1.165) is 0 Å². The van der Waals surface area contributed by atoms with Crippen LogP contribution in [0, 0.1) is 5.82 Å². The van der Waals surface area contributed by atoms with Crippen molar-refractivity contribution in [3.8, 4) is 22.4 Å². The van der Waals surface area contributed by atoms with Crippen LogP contribution in [0.25, 0.3) is 28.0 Å². The first kappa shape index (κ1) is 16.7. The minimum absolute atomic E-state index is 0.0868. The minimum atomic E-state index is -0.365. The Morgan fingerprint density at radius 2 is 1.63 bits per heavy atom. The van der Waals surface area contributed by atoms with Crippen LogP contribution in [-0.4, -0.2) is 24.7 Å². The number of halogens is 1. The number of aliphatic hydroxyl groups is 1. The van der Waals surface area contributed by atoms with E-state index in [2.05, 4.69) is 15.1 Å². The van der Waals surface area contributed by atoms with Crippen molar-refractivity contribution in [2.45, 2.75) is 6.61 Å². The molecule has 0 fully saturated rings. The van der Waals surface area contributed by atoms with Crippen LogP contribution in [0.3, 0.4) is 0 Å². The highest BCUT2D eigenvalue weighted by molar-refractivity contribution is 5.92. The summed E-state index contributed by atoms with van der Waals surface area (Å²) in [5.41, 5.74) is 21.5. The van der Waals surface area contributed by atoms with Crippen molar-refractivity contribution in [3.63, 3.8) is 0 Å². The molecule has 0 aliphatic rings. The molecule has 7 N–H and O–H groups in total. The van der Waals surface area contributed by atoms with Gasteiger partial charge in [-0.25, -0.2) is 14.4 Å². The molecular weight excluding hydrogens is 349 g/mol. The predicted molar refractivity (Wildman–Crippen MR) is 101 cm³/mol. The molecule has 0 radical (unpaired) electrons. The smallest absolute Gasteiger partial charge is 0.223 e. The number of nitrogens with two attached hydrogens (primary N) is 3. The van der Waals surface area contributed by atoms with Crippen molar-refractivity contribution in [1.29, 1.82) is 0 Å². The maximum absolute atomic E-state index is 13.4.